The first-order chi connectivity index (χ1) is 14.7. The van der Waals surface area contributed by atoms with E-state index in [1.54, 1.807) is 6.07 Å². The van der Waals surface area contributed by atoms with Crippen molar-refractivity contribution in [1.82, 2.24) is 20.1 Å². The predicted octanol–water partition coefficient (Wildman–Crippen LogP) is 3.43. The Kier molecular flexibility index (Phi) is 8.02. The van der Waals surface area contributed by atoms with E-state index in [2.05, 4.69) is 29.0 Å². The van der Waals surface area contributed by atoms with Crippen LogP contribution in [0.4, 0.5) is 0 Å². The molecule has 7 heteroatoms. The Morgan fingerprint density at radius 1 is 1.13 bits per heavy atom. The Labute approximate surface area is 178 Å². The molecule has 1 aliphatic heterocycles. The van der Waals surface area contributed by atoms with Crippen LogP contribution in [0.3, 0.4) is 0 Å². The Bertz CT molecular complexity index is 838. The van der Waals surface area contributed by atoms with E-state index in [1.165, 1.54) is 6.39 Å². The summed E-state index contributed by atoms with van der Waals surface area (Å²) in [4.78, 5) is 34.1. The molecule has 0 radical (unpaired) electrons. The van der Waals surface area contributed by atoms with Crippen molar-refractivity contribution >= 4 is 11.8 Å². The molecule has 7 nitrogen and oxygen atoms in total. The van der Waals surface area contributed by atoms with Crippen molar-refractivity contribution in [3.05, 3.63) is 41.9 Å². The van der Waals surface area contributed by atoms with Crippen LogP contribution < -0.4 is 5.32 Å². The highest BCUT2D eigenvalue weighted by atomic mass is 16.3. The molecule has 1 N–H and O–H groups in total. The van der Waals surface area contributed by atoms with Gasteiger partial charge in [0.25, 0.3) is 11.8 Å². The number of carbonyl (C=O) groups is 2. The topological polar surface area (TPSA) is 78.7 Å². The third-order valence-electron chi connectivity index (χ3n) is 5.66. The summed E-state index contributed by atoms with van der Waals surface area (Å²) in [5, 5.41) is 2.93. The van der Waals surface area contributed by atoms with E-state index in [4.69, 9.17) is 4.42 Å². The van der Waals surface area contributed by atoms with Crippen LogP contribution in [0, 0.1) is 0 Å². The molecular weight excluding hydrogens is 380 g/mol. The summed E-state index contributed by atoms with van der Waals surface area (Å²) in [6.07, 6.45) is 5.34. The number of piperidine rings is 1. The van der Waals surface area contributed by atoms with Gasteiger partial charge in [0.15, 0.2) is 17.8 Å². The first-order valence-corrected chi connectivity index (χ1v) is 11.0. The maximum absolute atomic E-state index is 13.1. The molecule has 0 spiro atoms. The average Bonchev–Trinajstić information content (AvgIpc) is 3.29. The van der Waals surface area contributed by atoms with Crippen LogP contribution in [0.1, 0.15) is 60.4 Å². The summed E-state index contributed by atoms with van der Waals surface area (Å²) in [7, 11) is 0. The molecule has 30 heavy (non-hydrogen) atoms. The number of hydrogen-bond donors (Lipinski definition) is 1. The number of hydrogen-bond acceptors (Lipinski definition) is 5. The summed E-state index contributed by atoms with van der Waals surface area (Å²) in [5.41, 5.74) is 1.38. The molecule has 1 fully saturated rings. The highest BCUT2D eigenvalue weighted by Gasteiger charge is 2.25. The molecule has 1 aromatic carbocycles. The summed E-state index contributed by atoms with van der Waals surface area (Å²) in [6, 6.07) is 7.29. The molecule has 1 saturated heterocycles. The standard InChI is InChI=1S/C23H32N4O3/c1-3-26(4-2)14-10-13-24-22(28)20-21(30-17-25-20)18-11-6-7-12-19(18)23(29)27-15-8-5-9-16-27/h6-7,11-12,17H,3-5,8-10,13-16H2,1-2H3,(H,24,28). The lowest BCUT2D eigenvalue weighted by Crippen LogP contribution is -2.35. The van der Waals surface area contributed by atoms with Gasteiger partial charge in [-0.2, -0.15) is 0 Å². The van der Waals surface area contributed by atoms with E-state index in [0.717, 1.165) is 58.4 Å². The van der Waals surface area contributed by atoms with Crippen molar-refractivity contribution in [2.24, 2.45) is 0 Å². The van der Waals surface area contributed by atoms with Crippen LogP contribution in [0.15, 0.2) is 35.1 Å². The van der Waals surface area contributed by atoms with Gasteiger partial charge in [-0.25, -0.2) is 4.98 Å². The zero-order valence-corrected chi connectivity index (χ0v) is 18.0. The quantitative estimate of drug-likeness (QED) is 0.639. The molecule has 1 aromatic heterocycles. The molecular formula is C23H32N4O3. The first-order valence-electron chi connectivity index (χ1n) is 11.0. The number of nitrogens with one attached hydrogen (secondary N) is 1. The van der Waals surface area contributed by atoms with Crippen LogP contribution in [-0.4, -0.2) is 65.9 Å². The summed E-state index contributed by atoms with van der Waals surface area (Å²) in [5.74, 6) is 0.0444. The molecule has 1 aliphatic rings. The Morgan fingerprint density at radius 3 is 2.60 bits per heavy atom. The molecule has 2 heterocycles. The number of nitrogens with zero attached hydrogens (tertiary/aromatic N) is 3. The van der Waals surface area contributed by atoms with Crippen molar-refractivity contribution in [1.29, 1.82) is 0 Å². The minimum Gasteiger partial charge on any atom is -0.443 e. The minimum atomic E-state index is -0.279. The number of amides is 2. The number of aromatic nitrogens is 1. The molecule has 2 aromatic rings. The Morgan fingerprint density at radius 2 is 1.87 bits per heavy atom. The molecule has 2 amide bonds. The number of oxazole rings is 1. The molecule has 0 aliphatic carbocycles. The molecule has 3 rings (SSSR count). The van der Waals surface area contributed by atoms with Gasteiger partial charge in [0.05, 0.1) is 5.56 Å². The zero-order valence-electron chi connectivity index (χ0n) is 18.0. The number of carbonyl (C=O) groups excluding carboxylic acids is 2. The normalized spacial score (nSPS) is 14.2. The van der Waals surface area contributed by atoms with Crippen molar-refractivity contribution < 1.29 is 14.0 Å². The van der Waals surface area contributed by atoms with Crippen molar-refractivity contribution in [2.75, 3.05) is 39.3 Å². The largest absolute Gasteiger partial charge is 0.443 e. The molecule has 0 bridgehead atoms. The second kappa shape index (κ2) is 10.9. The van der Waals surface area contributed by atoms with Crippen molar-refractivity contribution in [3.8, 4) is 11.3 Å². The van der Waals surface area contributed by atoms with Gasteiger partial charge in [0, 0.05) is 25.2 Å². The highest BCUT2D eigenvalue weighted by Crippen LogP contribution is 2.28. The summed E-state index contributed by atoms with van der Waals surface area (Å²) >= 11 is 0. The van der Waals surface area contributed by atoms with Gasteiger partial charge in [-0.15, -0.1) is 0 Å². The van der Waals surface area contributed by atoms with Crippen LogP contribution in [0.5, 0.6) is 0 Å². The Hall–Kier alpha value is -2.67. The van der Waals surface area contributed by atoms with E-state index in [9.17, 15) is 9.59 Å². The minimum absolute atomic E-state index is 0.0210. The van der Waals surface area contributed by atoms with Gasteiger partial charge >= 0.3 is 0 Å². The molecule has 0 saturated carbocycles. The Balaban J connectivity index is 1.72. The second-order valence-corrected chi connectivity index (χ2v) is 7.56. The van der Waals surface area contributed by atoms with Crippen LogP contribution in [-0.2, 0) is 0 Å². The van der Waals surface area contributed by atoms with Crippen LogP contribution in [0.25, 0.3) is 11.3 Å². The van der Waals surface area contributed by atoms with Crippen LogP contribution >= 0.6 is 0 Å². The maximum atomic E-state index is 13.1. The number of likely N-dealkylation sites (tertiary alicyclic amines) is 1. The van der Waals surface area contributed by atoms with E-state index in [0.29, 0.717) is 23.4 Å². The van der Waals surface area contributed by atoms with Gasteiger partial charge in [-0.1, -0.05) is 32.0 Å². The second-order valence-electron chi connectivity index (χ2n) is 7.56. The van der Waals surface area contributed by atoms with Crippen molar-refractivity contribution in [3.63, 3.8) is 0 Å². The maximum Gasteiger partial charge on any atom is 0.273 e. The zero-order chi connectivity index (χ0) is 21.3. The summed E-state index contributed by atoms with van der Waals surface area (Å²) in [6.45, 7) is 9.30. The van der Waals surface area contributed by atoms with Gasteiger partial charge in [0.1, 0.15) is 0 Å². The third kappa shape index (κ3) is 5.27. The third-order valence-corrected chi connectivity index (χ3v) is 5.66. The monoisotopic (exact) mass is 412 g/mol. The smallest absolute Gasteiger partial charge is 0.273 e. The van der Waals surface area contributed by atoms with Gasteiger partial charge in [-0.05, 0) is 51.4 Å². The number of rotatable bonds is 9. The molecule has 162 valence electrons. The summed E-state index contributed by atoms with van der Waals surface area (Å²) < 4.78 is 5.58. The van der Waals surface area contributed by atoms with Crippen molar-refractivity contribution in [2.45, 2.75) is 39.5 Å². The fraction of sp³-hybridized carbons (Fsp3) is 0.522. The van der Waals surface area contributed by atoms with E-state index >= 15 is 0 Å². The van der Waals surface area contributed by atoms with Gasteiger partial charge in [0.2, 0.25) is 0 Å². The fourth-order valence-corrected chi connectivity index (χ4v) is 3.86. The SMILES string of the molecule is CCN(CC)CCCNC(=O)c1ncoc1-c1ccccc1C(=O)N1CCCCC1. The van der Waals surface area contributed by atoms with Gasteiger partial charge < -0.3 is 19.5 Å². The lowest BCUT2D eigenvalue weighted by Gasteiger charge is -2.27. The van der Waals surface area contributed by atoms with E-state index < -0.39 is 0 Å². The average molecular weight is 413 g/mol. The molecule has 0 atom stereocenters. The van der Waals surface area contributed by atoms with Gasteiger partial charge in [-0.3, -0.25) is 9.59 Å². The lowest BCUT2D eigenvalue weighted by molar-refractivity contribution is 0.0724. The predicted molar refractivity (Wildman–Crippen MR) is 116 cm³/mol. The van der Waals surface area contributed by atoms with E-state index in [1.807, 2.05) is 23.1 Å². The first kappa shape index (κ1) is 22.0. The van der Waals surface area contributed by atoms with E-state index in [-0.39, 0.29) is 17.5 Å². The van der Waals surface area contributed by atoms with Crippen LogP contribution in [0.2, 0.25) is 0 Å². The fourth-order valence-electron chi connectivity index (χ4n) is 3.86. The number of benzene rings is 1. The lowest BCUT2D eigenvalue weighted by atomic mass is 10.0. The molecule has 0 unspecified atom stereocenters. The highest BCUT2D eigenvalue weighted by molar-refractivity contribution is 6.04.